The van der Waals surface area contributed by atoms with Crippen molar-refractivity contribution < 1.29 is 4.74 Å². The van der Waals surface area contributed by atoms with E-state index in [1.54, 1.807) is 7.11 Å². The molecule has 0 aromatic rings. The number of rotatable bonds is 12. The van der Waals surface area contributed by atoms with Crippen molar-refractivity contribution in [1.29, 1.82) is 0 Å². The molecular weight excluding hydrogens is 212 g/mol. The monoisotopic (exact) mass is 244 g/mol. The van der Waals surface area contributed by atoms with E-state index in [-0.39, 0.29) is 0 Å². The van der Waals surface area contributed by atoms with Crippen molar-refractivity contribution in [2.75, 3.05) is 46.4 Å². The molecule has 0 aliphatic heterocycles. The van der Waals surface area contributed by atoms with Crippen LogP contribution in [-0.2, 0) is 4.74 Å². The van der Waals surface area contributed by atoms with E-state index in [1.807, 2.05) is 0 Å². The zero-order chi connectivity index (χ0) is 12.9. The first-order valence-electron chi connectivity index (χ1n) is 7.12. The van der Waals surface area contributed by atoms with Gasteiger partial charge in [-0.05, 0) is 38.4 Å². The third kappa shape index (κ3) is 12.1. The van der Waals surface area contributed by atoms with E-state index >= 15 is 0 Å². The number of hydrogen-bond acceptors (Lipinski definition) is 3. The smallest absolute Gasteiger partial charge is 0.0589 e. The van der Waals surface area contributed by atoms with E-state index in [1.165, 1.54) is 38.9 Å². The Balaban J connectivity index is 3.53. The van der Waals surface area contributed by atoms with E-state index < -0.39 is 0 Å². The van der Waals surface area contributed by atoms with Gasteiger partial charge < -0.3 is 15.0 Å². The van der Waals surface area contributed by atoms with Crippen LogP contribution >= 0.6 is 0 Å². The number of methoxy groups -OCH3 is 1. The molecule has 0 bridgehead atoms. The highest BCUT2D eigenvalue weighted by molar-refractivity contribution is 4.60. The summed E-state index contributed by atoms with van der Waals surface area (Å²) in [6.45, 7) is 13.3. The van der Waals surface area contributed by atoms with Crippen LogP contribution in [0.3, 0.4) is 0 Å². The average molecular weight is 244 g/mol. The topological polar surface area (TPSA) is 24.5 Å². The van der Waals surface area contributed by atoms with Crippen LogP contribution in [0.5, 0.6) is 0 Å². The molecule has 0 aliphatic rings. The molecule has 0 saturated heterocycles. The summed E-state index contributed by atoms with van der Waals surface area (Å²) in [6.07, 6.45) is 3.93. The molecule has 0 saturated carbocycles. The molecule has 0 aromatic heterocycles. The summed E-state index contributed by atoms with van der Waals surface area (Å²) in [5, 5.41) is 3.37. The molecule has 0 atom stereocenters. The van der Waals surface area contributed by atoms with Crippen LogP contribution in [0.2, 0.25) is 0 Å². The van der Waals surface area contributed by atoms with Crippen LogP contribution in [0.15, 0.2) is 0 Å². The Kier molecular flexibility index (Phi) is 12.3. The molecule has 0 unspecified atom stereocenters. The Morgan fingerprint density at radius 2 is 1.88 bits per heavy atom. The van der Waals surface area contributed by atoms with E-state index in [2.05, 4.69) is 31.0 Å². The minimum atomic E-state index is 0.744. The first-order chi connectivity index (χ1) is 8.20. The van der Waals surface area contributed by atoms with Gasteiger partial charge in [0.05, 0.1) is 6.61 Å². The highest BCUT2D eigenvalue weighted by Gasteiger charge is 2.06. The molecule has 0 radical (unpaired) electrons. The van der Waals surface area contributed by atoms with Crippen LogP contribution in [0, 0.1) is 5.92 Å². The lowest BCUT2D eigenvalue weighted by molar-refractivity contribution is 0.138. The zero-order valence-corrected chi connectivity index (χ0v) is 12.3. The fourth-order valence-corrected chi connectivity index (χ4v) is 1.97. The molecule has 0 aliphatic carbocycles. The van der Waals surface area contributed by atoms with E-state index in [0.29, 0.717) is 0 Å². The van der Waals surface area contributed by atoms with Crippen LogP contribution in [-0.4, -0.2) is 51.3 Å². The molecule has 0 fully saturated rings. The summed E-state index contributed by atoms with van der Waals surface area (Å²) in [4.78, 5) is 2.53. The summed E-state index contributed by atoms with van der Waals surface area (Å²) < 4.78 is 5.16. The average Bonchev–Trinajstić information content (AvgIpc) is 2.29. The van der Waals surface area contributed by atoms with Crippen molar-refractivity contribution in [2.24, 2.45) is 5.92 Å². The summed E-state index contributed by atoms with van der Waals surface area (Å²) in [6, 6.07) is 0. The quantitative estimate of drug-likeness (QED) is 0.533. The van der Waals surface area contributed by atoms with Gasteiger partial charge in [-0.15, -0.1) is 0 Å². The summed E-state index contributed by atoms with van der Waals surface area (Å²) >= 11 is 0. The molecule has 0 aromatic carbocycles. The lowest BCUT2D eigenvalue weighted by Gasteiger charge is -2.23. The van der Waals surface area contributed by atoms with Crippen LogP contribution in [0.25, 0.3) is 0 Å². The third-order valence-corrected chi connectivity index (χ3v) is 2.81. The van der Waals surface area contributed by atoms with Crippen molar-refractivity contribution in [1.82, 2.24) is 10.2 Å². The molecule has 0 spiro atoms. The summed E-state index contributed by atoms with van der Waals surface area (Å²) in [7, 11) is 1.78. The van der Waals surface area contributed by atoms with Crippen molar-refractivity contribution in [3.63, 3.8) is 0 Å². The minimum Gasteiger partial charge on any atom is -0.383 e. The molecule has 0 heterocycles. The molecule has 17 heavy (non-hydrogen) atoms. The Bertz CT molecular complexity index is 151. The highest BCUT2D eigenvalue weighted by atomic mass is 16.5. The van der Waals surface area contributed by atoms with Gasteiger partial charge in [-0.25, -0.2) is 0 Å². The second-order valence-corrected chi connectivity index (χ2v) is 5.10. The van der Waals surface area contributed by atoms with E-state index in [0.717, 1.165) is 25.6 Å². The fourth-order valence-electron chi connectivity index (χ4n) is 1.97. The van der Waals surface area contributed by atoms with Gasteiger partial charge in [0.25, 0.3) is 0 Å². The number of nitrogens with zero attached hydrogens (tertiary/aromatic N) is 1. The molecule has 1 N–H and O–H groups in total. The van der Waals surface area contributed by atoms with Crippen molar-refractivity contribution in [2.45, 2.75) is 40.0 Å². The number of hydrogen-bond donors (Lipinski definition) is 1. The Hall–Kier alpha value is -0.120. The lowest BCUT2D eigenvalue weighted by atomic mass is 10.2. The predicted molar refractivity (Wildman–Crippen MR) is 75.5 cm³/mol. The molecule has 3 nitrogen and oxygen atoms in total. The van der Waals surface area contributed by atoms with Crippen molar-refractivity contribution in [3.8, 4) is 0 Å². The van der Waals surface area contributed by atoms with Gasteiger partial charge in [0.15, 0.2) is 0 Å². The van der Waals surface area contributed by atoms with Gasteiger partial charge in [0, 0.05) is 20.2 Å². The maximum Gasteiger partial charge on any atom is 0.0589 e. The maximum absolute atomic E-state index is 5.16. The second kappa shape index (κ2) is 12.3. The second-order valence-electron chi connectivity index (χ2n) is 5.10. The maximum atomic E-state index is 5.16. The van der Waals surface area contributed by atoms with Gasteiger partial charge >= 0.3 is 0 Å². The predicted octanol–water partition coefficient (Wildman–Crippen LogP) is 2.37. The van der Waals surface area contributed by atoms with Gasteiger partial charge in [-0.3, -0.25) is 0 Å². The first-order valence-corrected chi connectivity index (χ1v) is 7.12. The lowest BCUT2D eigenvalue weighted by Crippen LogP contribution is -2.32. The fraction of sp³-hybridized carbons (Fsp3) is 1.00. The van der Waals surface area contributed by atoms with Crippen LogP contribution in [0.4, 0.5) is 0 Å². The number of unbranched alkanes of at least 4 members (excludes halogenated alkanes) is 2. The molecule has 0 rings (SSSR count). The minimum absolute atomic E-state index is 0.744. The van der Waals surface area contributed by atoms with Crippen molar-refractivity contribution in [3.05, 3.63) is 0 Å². The molecule has 3 heteroatoms. The number of nitrogens with one attached hydrogen (secondary N) is 1. The standard InChI is InChI=1S/C14H32N2O/c1-5-15-9-7-6-8-10-16(11-12-17-4)13-14(2)3/h14-15H,5-13H2,1-4H3. The van der Waals surface area contributed by atoms with E-state index in [9.17, 15) is 0 Å². The van der Waals surface area contributed by atoms with Crippen molar-refractivity contribution >= 4 is 0 Å². The zero-order valence-electron chi connectivity index (χ0n) is 12.3. The normalized spacial score (nSPS) is 11.6. The Morgan fingerprint density at radius 3 is 2.47 bits per heavy atom. The van der Waals surface area contributed by atoms with Crippen LogP contribution < -0.4 is 5.32 Å². The largest absolute Gasteiger partial charge is 0.383 e. The third-order valence-electron chi connectivity index (χ3n) is 2.81. The van der Waals surface area contributed by atoms with Gasteiger partial charge in [-0.1, -0.05) is 27.2 Å². The van der Waals surface area contributed by atoms with Gasteiger partial charge in [0.2, 0.25) is 0 Å². The van der Waals surface area contributed by atoms with Gasteiger partial charge in [0.1, 0.15) is 0 Å². The van der Waals surface area contributed by atoms with Crippen LogP contribution in [0.1, 0.15) is 40.0 Å². The Morgan fingerprint density at radius 1 is 1.12 bits per heavy atom. The first kappa shape index (κ1) is 16.9. The molecule has 0 amide bonds. The molecule has 104 valence electrons. The summed E-state index contributed by atoms with van der Waals surface area (Å²) in [5.74, 6) is 0.744. The molecular formula is C14H32N2O. The number of ether oxygens (including phenoxy) is 1. The SMILES string of the molecule is CCNCCCCCN(CCOC)CC(C)C. The van der Waals surface area contributed by atoms with Gasteiger partial charge in [-0.2, -0.15) is 0 Å². The highest BCUT2D eigenvalue weighted by Crippen LogP contribution is 2.02. The van der Waals surface area contributed by atoms with E-state index in [4.69, 9.17) is 4.74 Å². The Labute approximate surface area is 108 Å². The summed E-state index contributed by atoms with van der Waals surface area (Å²) in [5.41, 5.74) is 0.